The number of nitrogens with zero attached hydrogens (tertiary/aromatic N) is 5. The molecule has 1 saturated heterocycles. The van der Waals surface area contributed by atoms with Gasteiger partial charge in [-0.1, -0.05) is 39.9 Å². The number of fused-ring (bicyclic) bond motifs is 1. The normalized spacial score (nSPS) is 20.8. The number of amides is 2. The maximum absolute atomic E-state index is 12.7. The molecule has 2 aliphatic heterocycles. The number of carboxylic acid groups (broad SMARTS) is 1. The van der Waals surface area contributed by atoms with Gasteiger partial charge < -0.3 is 21.4 Å². The summed E-state index contributed by atoms with van der Waals surface area (Å²) in [4.78, 5) is 46.6. The molecule has 32 heavy (non-hydrogen) atoms. The van der Waals surface area contributed by atoms with Crippen LogP contribution in [0, 0.1) is 0 Å². The molecule has 2 amide bonds. The van der Waals surface area contributed by atoms with Crippen LogP contribution in [-0.4, -0.2) is 70.2 Å². The number of carboxylic acids is 1. The number of hydrogen-bond donors (Lipinski definition) is 4. The Morgan fingerprint density at radius 1 is 1.34 bits per heavy atom. The summed E-state index contributed by atoms with van der Waals surface area (Å²) in [7, 11) is 0. The van der Waals surface area contributed by atoms with Crippen molar-refractivity contribution in [1.29, 1.82) is 0 Å². The Morgan fingerprint density at radius 3 is 2.66 bits per heavy atom. The molecule has 2 atom stereocenters. The van der Waals surface area contributed by atoms with Gasteiger partial charge >= 0.3 is 5.97 Å². The predicted molar refractivity (Wildman–Crippen MR) is 120 cm³/mol. The van der Waals surface area contributed by atoms with Gasteiger partial charge in [-0.3, -0.25) is 14.5 Å². The number of rotatable bonds is 6. The van der Waals surface area contributed by atoms with Gasteiger partial charge in [-0.05, 0) is 23.1 Å². The van der Waals surface area contributed by atoms with E-state index in [0.717, 1.165) is 39.5 Å². The van der Waals surface area contributed by atoms with Crippen molar-refractivity contribution in [2.24, 2.45) is 5.16 Å². The van der Waals surface area contributed by atoms with Crippen LogP contribution in [0.5, 0.6) is 0 Å². The van der Waals surface area contributed by atoms with Gasteiger partial charge in [0.1, 0.15) is 27.1 Å². The van der Waals surface area contributed by atoms with Crippen LogP contribution in [0.15, 0.2) is 20.1 Å². The minimum Gasteiger partial charge on any atom is -0.477 e. The lowest BCUT2D eigenvalue weighted by atomic mass is 10.0. The van der Waals surface area contributed by atoms with E-state index in [0.29, 0.717) is 9.24 Å². The zero-order valence-electron chi connectivity index (χ0n) is 15.2. The molecule has 0 saturated carbocycles. The van der Waals surface area contributed by atoms with E-state index >= 15 is 0 Å². The van der Waals surface area contributed by atoms with Crippen molar-refractivity contribution in [2.45, 2.75) is 15.8 Å². The van der Waals surface area contributed by atoms with E-state index in [9.17, 15) is 24.7 Å². The fourth-order valence-electron chi connectivity index (χ4n) is 2.88. The van der Waals surface area contributed by atoms with Crippen LogP contribution in [0.4, 0.5) is 5.13 Å². The summed E-state index contributed by atoms with van der Waals surface area (Å²) in [5.41, 5.74) is 4.69. The van der Waals surface area contributed by atoms with Crippen molar-refractivity contribution in [3.8, 4) is 0 Å². The molecule has 0 spiro atoms. The molecule has 0 bridgehead atoms. The third kappa shape index (κ3) is 4.13. The van der Waals surface area contributed by atoms with Crippen molar-refractivity contribution in [2.75, 3.05) is 11.5 Å². The zero-order valence-corrected chi connectivity index (χ0v) is 20.0. The smallest absolute Gasteiger partial charge is 0.353 e. The number of thioether (sulfide) groups is 2. The molecule has 2 aliphatic rings. The largest absolute Gasteiger partial charge is 0.477 e. The summed E-state index contributed by atoms with van der Waals surface area (Å²) in [6, 6.07) is -1.05. The first kappa shape index (κ1) is 23.1. The summed E-state index contributed by atoms with van der Waals surface area (Å²) < 4.78 is 4.30. The number of nitrogens with one attached hydrogen (secondary N) is 1. The van der Waals surface area contributed by atoms with Gasteiger partial charge in [0.05, 0.1) is 0 Å². The number of carbonyl (C=O) groups is 3. The van der Waals surface area contributed by atoms with E-state index in [1.165, 1.54) is 11.8 Å². The van der Waals surface area contributed by atoms with Gasteiger partial charge in [-0.25, -0.2) is 9.78 Å². The molecule has 168 valence electrons. The summed E-state index contributed by atoms with van der Waals surface area (Å²) in [6.07, 6.45) is 0. The monoisotopic (exact) mass is 553 g/mol. The molecule has 0 aromatic carbocycles. The first-order valence-electron chi connectivity index (χ1n) is 8.24. The molecule has 12 nitrogen and oxygen atoms in total. The first-order valence-corrected chi connectivity index (χ1v) is 12.5. The topological polar surface area (TPSA) is 184 Å². The molecule has 2 aromatic rings. The second kappa shape index (κ2) is 9.03. The number of carbonyl (C=O) groups excluding carboxylic acids is 2. The first-order chi connectivity index (χ1) is 15.2. The Kier molecular flexibility index (Phi) is 6.51. The van der Waals surface area contributed by atoms with Crippen molar-refractivity contribution in [1.82, 2.24) is 24.6 Å². The van der Waals surface area contributed by atoms with Gasteiger partial charge in [-0.15, -0.1) is 11.8 Å². The van der Waals surface area contributed by atoms with Crippen LogP contribution in [-0.2, 0) is 14.4 Å². The highest BCUT2D eigenvalue weighted by molar-refractivity contribution is 8.07. The van der Waals surface area contributed by atoms with Crippen molar-refractivity contribution in [3.63, 3.8) is 0 Å². The van der Waals surface area contributed by atoms with Gasteiger partial charge in [0.2, 0.25) is 5.28 Å². The minimum absolute atomic E-state index is 0.0357. The highest BCUT2D eigenvalue weighted by Gasteiger charge is 2.54. The highest BCUT2D eigenvalue weighted by atomic mass is 35.5. The van der Waals surface area contributed by atoms with E-state index in [-0.39, 0.29) is 31.9 Å². The third-order valence-electron chi connectivity index (χ3n) is 4.16. The van der Waals surface area contributed by atoms with Crippen LogP contribution in [0.25, 0.3) is 0 Å². The zero-order chi connectivity index (χ0) is 23.2. The second-order valence-electron chi connectivity index (χ2n) is 5.99. The Balaban J connectivity index is 1.53. The number of oxime groups is 1. The van der Waals surface area contributed by atoms with Crippen molar-refractivity contribution >= 4 is 98.2 Å². The molecule has 0 aliphatic carbocycles. The number of halogens is 2. The van der Waals surface area contributed by atoms with Gasteiger partial charge in [-0.2, -0.15) is 9.36 Å². The fourth-order valence-corrected chi connectivity index (χ4v) is 7.24. The average molecular weight is 554 g/mol. The number of anilines is 1. The lowest BCUT2D eigenvalue weighted by Gasteiger charge is -2.49. The molecule has 4 rings (SSSR count). The molecule has 1 unspecified atom stereocenters. The minimum atomic E-state index is -1.30. The Labute approximate surface area is 205 Å². The molecular weight excluding hydrogens is 545 g/mol. The number of aliphatic carboxylic acids is 1. The summed E-state index contributed by atoms with van der Waals surface area (Å²) in [5.74, 6) is -2.60. The van der Waals surface area contributed by atoms with Crippen LogP contribution >= 0.6 is 69.6 Å². The average Bonchev–Trinajstić information content (AvgIpc) is 3.30. The number of aromatic nitrogens is 3. The Bertz CT molecular complexity index is 1200. The highest BCUT2D eigenvalue weighted by Crippen LogP contribution is 2.45. The summed E-state index contributed by atoms with van der Waals surface area (Å²) in [5, 5.41) is 23.8. The van der Waals surface area contributed by atoms with Crippen molar-refractivity contribution < 1.29 is 24.7 Å². The molecule has 0 radical (unpaired) electrons. The number of thiazole rings is 1. The van der Waals surface area contributed by atoms with Crippen LogP contribution < -0.4 is 11.1 Å². The SMILES string of the molecule is Nc1nc(/C(=N/O)C(=O)N[C@@H]2C(=O)N3C(C(=O)O)=C(Sc4nc(Cl)ns4)CSC23)c(Cl)s1. The van der Waals surface area contributed by atoms with E-state index < -0.39 is 34.9 Å². The number of β-lactam (4-membered cyclic amide) rings is 1. The van der Waals surface area contributed by atoms with Gasteiger partial charge in [0.25, 0.3) is 11.8 Å². The quantitative estimate of drug-likeness (QED) is 0.176. The number of nitrogen functional groups attached to an aromatic ring is 1. The lowest BCUT2D eigenvalue weighted by Crippen LogP contribution is -2.71. The van der Waals surface area contributed by atoms with Crippen LogP contribution in [0.1, 0.15) is 5.69 Å². The summed E-state index contributed by atoms with van der Waals surface area (Å²) >= 11 is 15.9. The second-order valence-corrected chi connectivity index (χ2v) is 11.2. The summed E-state index contributed by atoms with van der Waals surface area (Å²) in [6.45, 7) is 0. The van der Waals surface area contributed by atoms with Crippen molar-refractivity contribution in [3.05, 3.63) is 25.9 Å². The van der Waals surface area contributed by atoms with Crippen LogP contribution in [0.3, 0.4) is 0 Å². The maximum Gasteiger partial charge on any atom is 0.353 e. The molecule has 18 heteroatoms. The van der Waals surface area contributed by atoms with E-state index in [2.05, 4.69) is 24.8 Å². The van der Waals surface area contributed by atoms with Crippen LogP contribution in [0.2, 0.25) is 9.62 Å². The third-order valence-corrected chi connectivity index (χ3v) is 8.81. The molecule has 2 aromatic heterocycles. The number of nitrogens with two attached hydrogens (primary N) is 1. The van der Waals surface area contributed by atoms with E-state index in [1.807, 2.05) is 0 Å². The van der Waals surface area contributed by atoms with E-state index in [4.69, 9.17) is 28.9 Å². The Hall–Kier alpha value is -2.11. The Morgan fingerprint density at radius 2 is 2.09 bits per heavy atom. The number of hydrogen-bond acceptors (Lipinski definition) is 13. The molecule has 4 heterocycles. The fraction of sp³-hybridized carbons (Fsp3) is 0.214. The molecular formula is C14H9Cl2N7O5S4. The standard InChI is InChI=1S/C14H9Cl2N7O5S4/c15-7-3(19-13(17)31-7)4(21-28)8(24)18-5-9(25)23-6(11(26)27)2(1-29-10(5)23)30-14-20-12(16)22-32-14/h5,10,28H,1H2,(H2,17,19)(H,18,24)(H,26,27)/b21-4-/t5-,10?/m1/s1. The predicted octanol–water partition coefficient (Wildman–Crippen LogP) is 1.55. The molecule has 1 fully saturated rings. The maximum atomic E-state index is 12.7. The van der Waals surface area contributed by atoms with E-state index in [1.54, 1.807) is 0 Å². The van der Waals surface area contributed by atoms with Gasteiger partial charge in [0.15, 0.2) is 15.2 Å². The van der Waals surface area contributed by atoms with Gasteiger partial charge in [0, 0.05) is 10.7 Å². The lowest BCUT2D eigenvalue weighted by molar-refractivity contribution is -0.150. The molecule has 5 N–H and O–H groups in total.